The van der Waals surface area contributed by atoms with E-state index in [-0.39, 0.29) is 12.6 Å². The molecule has 130 valence electrons. The van der Waals surface area contributed by atoms with E-state index in [0.29, 0.717) is 23.6 Å². The van der Waals surface area contributed by atoms with E-state index in [4.69, 9.17) is 9.47 Å². The van der Waals surface area contributed by atoms with Crippen molar-refractivity contribution in [1.29, 1.82) is 0 Å². The number of nitrogens with one attached hydrogen (secondary N) is 1. The highest BCUT2D eigenvalue weighted by atomic mass is 19.1. The van der Waals surface area contributed by atoms with Crippen molar-refractivity contribution in [3.63, 3.8) is 0 Å². The minimum Gasteiger partial charge on any atom is -0.493 e. The second kappa shape index (κ2) is 8.66. The monoisotopic (exact) mass is 333 g/mol. The molecule has 0 fully saturated rings. The van der Waals surface area contributed by atoms with Crippen LogP contribution in [0.5, 0.6) is 11.5 Å². The van der Waals surface area contributed by atoms with Crippen LogP contribution in [0.1, 0.15) is 31.1 Å². The standard InChI is InChI=1S/C19H24FNO3/c1-13(2)24-18-9-8-14(10-19(18)23-3)11-21-12-17(22)15-6-4-5-7-16(15)20/h4-10,13,17,21-22H,11-12H2,1-3H3. The Hall–Kier alpha value is -2.11. The SMILES string of the molecule is COc1cc(CNCC(O)c2ccccc2F)ccc1OC(C)C. The minimum atomic E-state index is -0.892. The maximum atomic E-state index is 13.6. The number of aliphatic hydroxyl groups is 1. The molecule has 0 saturated carbocycles. The minimum absolute atomic E-state index is 0.0683. The Labute approximate surface area is 142 Å². The maximum Gasteiger partial charge on any atom is 0.161 e. The van der Waals surface area contributed by atoms with Crippen molar-refractivity contribution >= 4 is 0 Å². The molecule has 0 aliphatic rings. The summed E-state index contributed by atoms with van der Waals surface area (Å²) in [6, 6.07) is 11.9. The molecule has 1 atom stereocenters. The molecule has 0 aliphatic carbocycles. The molecule has 0 heterocycles. The molecule has 2 aromatic carbocycles. The Morgan fingerprint density at radius 1 is 1.12 bits per heavy atom. The lowest BCUT2D eigenvalue weighted by atomic mass is 10.1. The third-order valence-corrected chi connectivity index (χ3v) is 3.52. The molecule has 24 heavy (non-hydrogen) atoms. The molecule has 5 heteroatoms. The molecule has 0 aromatic heterocycles. The van der Waals surface area contributed by atoms with Crippen molar-refractivity contribution in [3.8, 4) is 11.5 Å². The fourth-order valence-electron chi connectivity index (χ4n) is 2.38. The van der Waals surface area contributed by atoms with Gasteiger partial charge >= 0.3 is 0 Å². The molecule has 0 spiro atoms. The molecule has 2 N–H and O–H groups in total. The predicted molar refractivity (Wildman–Crippen MR) is 91.8 cm³/mol. The van der Waals surface area contributed by atoms with Gasteiger partial charge < -0.3 is 19.9 Å². The predicted octanol–water partition coefficient (Wildman–Crippen LogP) is 3.44. The first kappa shape index (κ1) is 18.2. The lowest BCUT2D eigenvalue weighted by Gasteiger charge is -2.16. The summed E-state index contributed by atoms with van der Waals surface area (Å²) in [7, 11) is 1.60. The summed E-state index contributed by atoms with van der Waals surface area (Å²) < 4.78 is 24.6. The smallest absolute Gasteiger partial charge is 0.161 e. The number of hydrogen-bond acceptors (Lipinski definition) is 4. The number of ether oxygens (including phenoxy) is 2. The average molecular weight is 333 g/mol. The van der Waals surface area contributed by atoms with Crippen LogP contribution in [-0.2, 0) is 6.54 Å². The van der Waals surface area contributed by atoms with Gasteiger partial charge in [0, 0.05) is 18.7 Å². The molecule has 0 radical (unpaired) electrons. The zero-order chi connectivity index (χ0) is 17.5. The van der Waals surface area contributed by atoms with Crippen LogP contribution in [0.3, 0.4) is 0 Å². The first-order chi connectivity index (χ1) is 11.5. The molecule has 0 amide bonds. The van der Waals surface area contributed by atoms with Gasteiger partial charge in [-0.2, -0.15) is 0 Å². The Balaban J connectivity index is 1.93. The van der Waals surface area contributed by atoms with E-state index >= 15 is 0 Å². The van der Waals surface area contributed by atoms with Crippen LogP contribution in [0.4, 0.5) is 4.39 Å². The normalized spacial score (nSPS) is 12.2. The topological polar surface area (TPSA) is 50.7 Å². The van der Waals surface area contributed by atoms with Crippen LogP contribution in [0.2, 0.25) is 0 Å². The summed E-state index contributed by atoms with van der Waals surface area (Å²) in [4.78, 5) is 0. The number of aliphatic hydroxyl groups excluding tert-OH is 1. The Bertz CT molecular complexity index is 661. The van der Waals surface area contributed by atoms with Crippen molar-refractivity contribution in [2.45, 2.75) is 32.6 Å². The lowest BCUT2D eigenvalue weighted by molar-refractivity contribution is 0.169. The second-order valence-corrected chi connectivity index (χ2v) is 5.82. The third kappa shape index (κ3) is 4.94. The highest BCUT2D eigenvalue weighted by Crippen LogP contribution is 2.29. The van der Waals surface area contributed by atoms with Gasteiger partial charge in [-0.3, -0.25) is 0 Å². The third-order valence-electron chi connectivity index (χ3n) is 3.52. The highest BCUT2D eigenvalue weighted by Gasteiger charge is 2.12. The van der Waals surface area contributed by atoms with Gasteiger partial charge in [0.2, 0.25) is 0 Å². The van der Waals surface area contributed by atoms with E-state index in [1.54, 1.807) is 25.3 Å². The van der Waals surface area contributed by atoms with E-state index in [9.17, 15) is 9.50 Å². The number of rotatable bonds is 8. The van der Waals surface area contributed by atoms with Crippen molar-refractivity contribution in [2.75, 3.05) is 13.7 Å². The lowest BCUT2D eigenvalue weighted by Crippen LogP contribution is -2.21. The van der Waals surface area contributed by atoms with Crippen molar-refractivity contribution in [1.82, 2.24) is 5.32 Å². The van der Waals surface area contributed by atoms with Crippen LogP contribution >= 0.6 is 0 Å². The zero-order valence-electron chi connectivity index (χ0n) is 14.3. The summed E-state index contributed by atoms with van der Waals surface area (Å²) in [5.41, 5.74) is 1.28. The molecule has 2 aromatic rings. The first-order valence-corrected chi connectivity index (χ1v) is 7.98. The number of benzene rings is 2. The zero-order valence-corrected chi connectivity index (χ0v) is 14.3. The highest BCUT2D eigenvalue weighted by molar-refractivity contribution is 5.43. The van der Waals surface area contributed by atoms with Crippen LogP contribution in [-0.4, -0.2) is 24.9 Å². The molecule has 0 saturated heterocycles. The molecule has 4 nitrogen and oxygen atoms in total. The summed E-state index contributed by atoms with van der Waals surface area (Å²) >= 11 is 0. The molecule has 0 bridgehead atoms. The second-order valence-electron chi connectivity index (χ2n) is 5.82. The molecule has 2 rings (SSSR count). The number of methoxy groups -OCH3 is 1. The summed E-state index contributed by atoms with van der Waals surface area (Å²) in [6.07, 6.45) is -0.824. The first-order valence-electron chi connectivity index (χ1n) is 7.98. The maximum absolute atomic E-state index is 13.6. The van der Waals surface area contributed by atoms with Gasteiger partial charge in [0.15, 0.2) is 11.5 Å². The van der Waals surface area contributed by atoms with Crippen molar-refractivity contribution in [2.24, 2.45) is 0 Å². The Kier molecular flexibility index (Phi) is 6.58. The Morgan fingerprint density at radius 2 is 1.88 bits per heavy atom. The van der Waals surface area contributed by atoms with Crippen LogP contribution in [0, 0.1) is 5.82 Å². The van der Waals surface area contributed by atoms with Gasteiger partial charge in [-0.1, -0.05) is 24.3 Å². The summed E-state index contributed by atoms with van der Waals surface area (Å²) in [5, 5.41) is 13.2. The van der Waals surface area contributed by atoms with Gasteiger partial charge in [0.1, 0.15) is 5.82 Å². The van der Waals surface area contributed by atoms with Crippen LogP contribution in [0.15, 0.2) is 42.5 Å². The van der Waals surface area contributed by atoms with Crippen molar-refractivity contribution in [3.05, 3.63) is 59.4 Å². The number of hydrogen-bond donors (Lipinski definition) is 2. The quantitative estimate of drug-likeness (QED) is 0.777. The largest absolute Gasteiger partial charge is 0.493 e. The van der Waals surface area contributed by atoms with Crippen molar-refractivity contribution < 1.29 is 19.0 Å². The van der Waals surface area contributed by atoms with E-state index in [1.807, 2.05) is 32.0 Å². The van der Waals surface area contributed by atoms with E-state index in [2.05, 4.69) is 5.32 Å². The van der Waals surface area contributed by atoms with Gasteiger partial charge in [-0.05, 0) is 37.6 Å². The van der Waals surface area contributed by atoms with Gasteiger partial charge in [-0.25, -0.2) is 4.39 Å². The number of halogens is 1. The molecular weight excluding hydrogens is 309 g/mol. The average Bonchev–Trinajstić information content (AvgIpc) is 2.56. The fourth-order valence-corrected chi connectivity index (χ4v) is 2.38. The molecular formula is C19H24FNO3. The Morgan fingerprint density at radius 3 is 2.54 bits per heavy atom. The van der Waals surface area contributed by atoms with Gasteiger partial charge in [0.25, 0.3) is 0 Å². The van der Waals surface area contributed by atoms with E-state index in [1.165, 1.54) is 6.07 Å². The van der Waals surface area contributed by atoms with Crippen LogP contribution in [0.25, 0.3) is 0 Å². The summed E-state index contributed by atoms with van der Waals surface area (Å²) in [5.74, 6) is 0.962. The van der Waals surface area contributed by atoms with E-state index in [0.717, 1.165) is 5.56 Å². The van der Waals surface area contributed by atoms with E-state index < -0.39 is 11.9 Å². The molecule has 0 aliphatic heterocycles. The molecule has 1 unspecified atom stereocenters. The van der Waals surface area contributed by atoms with Crippen LogP contribution < -0.4 is 14.8 Å². The fraction of sp³-hybridized carbons (Fsp3) is 0.368. The van der Waals surface area contributed by atoms with Gasteiger partial charge in [-0.15, -0.1) is 0 Å². The van der Waals surface area contributed by atoms with Gasteiger partial charge in [0.05, 0.1) is 19.3 Å². The summed E-state index contributed by atoms with van der Waals surface area (Å²) in [6.45, 7) is 4.70.